The lowest BCUT2D eigenvalue weighted by Gasteiger charge is -2.30. The predicted octanol–water partition coefficient (Wildman–Crippen LogP) is 2.73. The molecule has 2 heterocycles. The Morgan fingerprint density at radius 3 is 2.76 bits per heavy atom. The van der Waals surface area contributed by atoms with E-state index in [0.29, 0.717) is 18.9 Å². The van der Waals surface area contributed by atoms with Gasteiger partial charge in [0.25, 0.3) is 5.91 Å². The number of anilines is 1. The molecule has 2 atom stereocenters. The molecule has 2 aliphatic carbocycles. The summed E-state index contributed by atoms with van der Waals surface area (Å²) in [5.41, 5.74) is 1.70. The molecule has 9 heteroatoms. The highest BCUT2D eigenvalue weighted by molar-refractivity contribution is 7.13. The van der Waals surface area contributed by atoms with Gasteiger partial charge < -0.3 is 15.1 Å². The third-order valence-electron chi connectivity index (χ3n) is 7.09. The molecule has 1 N–H and O–H groups in total. The van der Waals surface area contributed by atoms with Gasteiger partial charge in [-0.2, -0.15) is 0 Å². The molecule has 1 aromatic heterocycles. The van der Waals surface area contributed by atoms with E-state index in [2.05, 4.69) is 17.2 Å². The minimum atomic E-state index is -1.05. The van der Waals surface area contributed by atoms with Crippen molar-refractivity contribution in [3.8, 4) is 0 Å². The smallest absolute Gasteiger partial charge is 0.325 e. The summed E-state index contributed by atoms with van der Waals surface area (Å²) in [6, 6.07) is 7.26. The van der Waals surface area contributed by atoms with E-state index >= 15 is 0 Å². The fraction of sp³-hybridized carbons (Fsp3) is 0.500. The van der Waals surface area contributed by atoms with E-state index in [0.717, 1.165) is 46.1 Å². The highest BCUT2D eigenvalue weighted by Gasteiger charge is 2.55. The second-order valence-corrected chi connectivity index (χ2v) is 10.3. The van der Waals surface area contributed by atoms with Crippen LogP contribution in [0.2, 0.25) is 0 Å². The first-order valence-electron chi connectivity index (χ1n) is 11.4. The van der Waals surface area contributed by atoms with Crippen LogP contribution in [0.1, 0.15) is 43.0 Å². The Bertz CT molecular complexity index is 1110. The van der Waals surface area contributed by atoms with E-state index in [-0.39, 0.29) is 24.4 Å². The van der Waals surface area contributed by atoms with Gasteiger partial charge in [0, 0.05) is 25.5 Å². The minimum Gasteiger partial charge on any atom is -0.354 e. The zero-order valence-corrected chi connectivity index (χ0v) is 20.0. The number of thiazole rings is 1. The Labute approximate surface area is 197 Å². The summed E-state index contributed by atoms with van der Waals surface area (Å²) in [4.78, 5) is 49.3. The van der Waals surface area contributed by atoms with Crippen molar-refractivity contribution in [2.24, 2.45) is 5.92 Å². The molecule has 0 radical (unpaired) electrons. The second-order valence-electron chi connectivity index (χ2n) is 9.50. The van der Waals surface area contributed by atoms with Crippen molar-refractivity contribution >= 4 is 34.3 Å². The lowest BCUT2D eigenvalue weighted by molar-refractivity contribution is -0.141. The minimum absolute atomic E-state index is 0.0314. The molecule has 0 unspecified atom stereocenters. The van der Waals surface area contributed by atoms with E-state index in [1.54, 1.807) is 4.90 Å². The molecule has 33 heavy (non-hydrogen) atoms. The molecule has 4 amide bonds. The maximum absolute atomic E-state index is 13.5. The zero-order chi connectivity index (χ0) is 23.3. The number of amides is 4. The van der Waals surface area contributed by atoms with Crippen LogP contribution < -0.4 is 10.2 Å². The van der Waals surface area contributed by atoms with Crippen LogP contribution in [0, 0.1) is 5.92 Å². The van der Waals surface area contributed by atoms with Gasteiger partial charge in [0.1, 0.15) is 12.1 Å². The number of nitrogens with one attached hydrogen (secondary N) is 1. The largest absolute Gasteiger partial charge is 0.354 e. The third-order valence-corrected chi connectivity index (χ3v) is 8.14. The number of aryl methyl sites for hydroxylation is 1. The lowest BCUT2D eigenvalue weighted by Crippen LogP contribution is -2.47. The van der Waals surface area contributed by atoms with Gasteiger partial charge >= 0.3 is 6.03 Å². The number of carbonyl (C=O) groups excluding carboxylic acids is 3. The first kappa shape index (κ1) is 21.9. The Kier molecular flexibility index (Phi) is 5.39. The summed E-state index contributed by atoms with van der Waals surface area (Å²) >= 11 is 1.54. The predicted molar refractivity (Wildman–Crippen MR) is 126 cm³/mol. The molecule has 1 saturated carbocycles. The van der Waals surface area contributed by atoms with E-state index < -0.39 is 11.6 Å². The SMILES string of the molecule is C[C@@H](C1CC1)N(Cc1csc(N(C)C)n1)C(=O)CN1C(=O)N[C@]2(CCc3ccccc32)C1=O. The Balaban J connectivity index is 1.36. The number of carbonyl (C=O) groups is 3. The maximum Gasteiger partial charge on any atom is 0.325 e. The van der Waals surface area contributed by atoms with E-state index in [1.807, 2.05) is 48.6 Å². The van der Waals surface area contributed by atoms with E-state index in [9.17, 15) is 14.4 Å². The van der Waals surface area contributed by atoms with Gasteiger partial charge in [0.05, 0.1) is 12.2 Å². The van der Waals surface area contributed by atoms with Crippen molar-refractivity contribution in [1.82, 2.24) is 20.1 Å². The van der Waals surface area contributed by atoms with E-state index in [1.165, 1.54) is 11.3 Å². The first-order valence-corrected chi connectivity index (χ1v) is 12.3. The molecule has 1 aromatic carbocycles. The Hall–Kier alpha value is -2.94. The topological polar surface area (TPSA) is 85.8 Å². The van der Waals surface area contributed by atoms with Gasteiger partial charge in [-0.3, -0.25) is 14.5 Å². The highest BCUT2D eigenvalue weighted by Crippen LogP contribution is 2.41. The van der Waals surface area contributed by atoms with Crippen LogP contribution in [0.5, 0.6) is 0 Å². The van der Waals surface area contributed by atoms with Gasteiger partial charge in [0.15, 0.2) is 5.13 Å². The maximum atomic E-state index is 13.5. The fourth-order valence-electron chi connectivity index (χ4n) is 5.00. The quantitative estimate of drug-likeness (QED) is 0.633. The number of hydrogen-bond donors (Lipinski definition) is 1. The Morgan fingerprint density at radius 1 is 1.30 bits per heavy atom. The summed E-state index contributed by atoms with van der Waals surface area (Å²) in [5, 5.41) is 5.76. The molecule has 2 aromatic rings. The van der Waals surface area contributed by atoms with Crippen LogP contribution >= 0.6 is 11.3 Å². The summed E-state index contributed by atoms with van der Waals surface area (Å²) in [6.07, 6.45) is 3.44. The van der Waals surface area contributed by atoms with Crippen molar-refractivity contribution in [2.45, 2.75) is 50.7 Å². The first-order chi connectivity index (χ1) is 15.8. The van der Waals surface area contributed by atoms with Crippen molar-refractivity contribution in [2.75, 3.05) is 25.5 Å². The average Bonchev–Trinajstić information content (AvgIpc) is 3.36. The van der Waals surface area contributed by atoms with Crippen molar-refractivity contribution < 1.29 is 14.4 Å². The zero-order valence-electron chi connectivity index (χ0n) is 19.2. The van der Waals surface area contributed by atoms with Crippen LogP contribution in [0.25, 0.3) is 0 Å². The Morgan fingerprint density at radius 2 is 2.06 bits per heavy atom. The number of urea groups is 1. The summed E-state index contributed by atoms with van der Waals surface area (Å²) in [7, 11) is 3.87. The number of imide groups is 1. The molecule has 1 saturated heterocycles. The van der Waals surface area contributed by atoms with Crippen LogP contribution in [-0.2, 0) is 28.1 Å². The molecular formula is C24H29N5O3S. The van der Waals surface area contributed by atoms with Crippen LogP contribution in [0.3, 0.4) is 0 Å². The van der Waals surface area contributed by atoms with Crippen molar-refractivity contribution in [3.05, 3.63) is 46.5 Å². The number of fused-ring (bicyclic) bond motifs is 2. The molecule has 3 aliphatic rings. The van der Waals surface area contributed by atoms with E-state index in [4.69, 9.17) is 0 Å². The van der Waals surface area contributed by atoms with Gasteiger partial charge in [-0.05, 0) is 49.7 Å². The van der Waals surface area contributed by atoms with Gasteiger partial charge in [0.2, 0.25) is 5.91 Å². The van der Waals surface area contributed by atoms with Crippen molar-refractivity contribution in [3.63, 3.8) is 0 Å². The molecule has 5 rings (SSSR count). The molecule has 1 spiro atoms. The fourth-order valence-corrected chi connectivity index (χ4v) is 5.75. The molecular weight excluding hydrogens is 438 g/mol. The summed E-state index contributed by atoms with van der Waals surface area (Å²) in [5.74, 6) is -0.0916. The summed E-state index contributed by atoms with van der Waals surface area (Å²) < 4.78 is 0. The second kappa shape index (κ2) is 8.13. The van der Waals surface area contributed by atoms with Crippen LogP contribution in [0.15, 0.2) is 29.6 Å². The standard InChI is InChI=1S/C24H29N5O3S/c1-15(16-8-9-16)28(12-18-14-33-23(25-18)27(2)3)20(30)13-29-21(31)24(26-22(29)32)11-10-17-6-4-5-7-19(17)24/h4-7,14-16H,8-13H2,1-3H3,(H,26,32)/t15-,24-/m0/s1. The van der Waals surface area contributed by atoms with Crippen LogP contribution in [-0.4, -0.2) is 59.3 Å². The number of nitrogens with zero attached hydrogens (tertiary/aromatic N) is 4. The number of rotatable bonds is 7. The monoisotopic (exact) mass is 467 g/mol. The third kappa shape index (κ3) is 3.78. The molecule has 174 valence electrons. The number of aromatic nitrogens is 1. The molecule has 2 fully saturated rings. The van der Waals surface area contributed by atoms with Gasteiger partial charge in [-0.25, -0.2) is 9.78 Å². The summed E-state index contributed by atoms with van der Waals surface area (Å²) in [6.45, 7) is 2.17. The number of benzene rings is 1. The van der Waals surface area contributed by atoms with Gasteiger partial charge in [-0.1, -0.05) is 24.3 Å². The molecule has 1 aliphatic heterocycles. The number of hydrogen-bond acceptors (Lipinski definition) is 6. The van der Waals surface area contributed by atoms with Crippen molar-refractivity contribution in [1.29, 1.82) is 0 Å². The highest BCUT2D eigenvalue weighted by atomic mass is 32.1. The lowest BCUT2D eigenvalue weighted by atomic mass is 9.92. The van der Waals surface area contributed by atoms with Gasteiger partial charge in [-0.15, -0.1) is 11.3 Å². The average molecular weight is 468 g/mol. The molecule has 0 bridgehead atoms. The molecule has 8 nitrogen and oxygen atoms in total. The van der Waals surface area contributed by atoms with Crippen LogP contribution in [0.4, 0.5) is 9.93 Å². The normalized spacial score (nSPS) is 22.5.